The molecule has 0 aliphatic carbocycles. The molecule has 0 saturated carbocycles. The topological polar surface area (TPSA) is 176 Å². The van der Waals surface area contributed by atoms with E-state index in [1.54, 1.807) is 23.8 Å². The van der Waals surface area contributed by atoms with E-state index in [9.17, 15) is 24.8 Å². The number of azide groups is 1. The number of hydrogen-bond acceptors (Lipinski definition) is 9. The molecule has 1 amide bonds. The van der Waals surface area contributed by atoms with Gasteiger partial charge < -0.3 is 14.7 Å². The number of carbonyl (C=O) groups excluding carboxylic acids is 2. The molecule has 0 spiro atoms. The largest absolute Gasteiger partial charge is 0.456 e. The number of aromatic nitrogens is 2. The average molecular weight is 510 g/mol. The zero-order valence-electron chi connectivity index (χ0n) is 18.8. The first-order valence-electron chi connectivity index (χ1n) is 10.9. The smallest absolute Gasteiger partial charge is 0.355 e. The molecule has 2 aliphatic rings. The van der Waals surface area contributed by atoms with Crippen molar-refractivity contribution in [1.82, 2.24) is 14.3 Å². The molecule has 3 atom stereocenters. The second-order valence-corrected chi connectivity index (χ2v) is 9.47. The van der Waals surface area contributed by atoms with Crippen molar-refractivity contribution in [2.75, 3.05) is 0 Å². The van der Waals surface area contributed by atoms with Gasteiger partial charge >= 0.3 is 5.97 Å². The van der Waals surface area contributed by atoms with Crippen LogP contribution in [0.5, 0.6) is 0 Å². The van der Waals surface area contributed by atoms with Gasteiger partial charge in [-0.3, -0.25) is 19.3 Å². The van der Waals surface area contributed by atoms with Crippen molar-refractivity contribution in [3.05, 3.63) is 79.2 Å². The third-order valence-electron chi connectivity index (χ3n) is 6.36. The van der Waals surface area contributed by atoms with Gasteiger partial charge in [0.1, 0.15) is 23.5 Å². The summed E-state index contributed by atoms with van der Waals surface area (Å²) in [7, 11) is 0. The number of fused-ring (bicyclic) bond motifs is 2. The third kappa shape index (κ3) is 3.77. The molecule has 0 bridgehead atoms. The molecule has 0 unspecified atom stereocenters. The Morgan fingerprint density at radius 2 is 2.19 bits per heavy atom. The summed E-state index contributed by atoms with van der Waals surface area (Å²) < 4.78 is 7.29. The Morgan fingerprint density at radius 1 is 1.44 bits per heavy atom. The van der Waals surface area contributed by atoms with Crippen molar-refractivity contribution >= 4 is 39.3 Å². The summed E-state index contributed by atoms with van der Waals surface area (Å²) in [6.07, 6.45) is 2.66. The minimum Gasteiger partial charge on any atom is -0.456 e. The Kier molecular flexibility index (Phi) is 5.92. The Hall–Kier alpha value is -4.26. The number of aliphatic hydroxyl groups excluding tert-OH is 1. The molecule has 3 aromatic rings. The van der Waals surface area contributed by atoms with Gasteiger partial charge in [-0.25, -0.2) is 9.78 Å². The third-order valence-corrected chi connectivity index (χ3v) is 7.56. The lowest BCUT2D eigenvalue weighted by Crippen LogP contribution is -2.61. The minimum atomic E-state index is -0.888. The van der Waals surface area contributed by atoms with Crippen LogP contribution >= 0.6 is 11.3 Å². The van der Waals surface area contributed by atoms with Crippen LogP contribution < -0.4 is 0 Å². The molecule has 184 valence electrons. The lowest BCUT2D eigenvalue weighted by molar-refractivity contribution is -0.384. The average Bonchev–Trinajstić information content (AvgIpc) is 3.52. The van der Waals surface area contributed by atoms with Gasteiger partial charge in [0.25, 0.3) is 5.69 Å². The van der Waals surface area contributed by atoms with Crippen LogP contribution in [0, 0.1) is 16.0 Å². The zero-order chi connectivity index (χ0) is 25.6. The second kappa shape index (κ2) is 9.07. The molecule has 1 fully saturated rings. The quantitative estimate of drug-likeness (QED) is 0.0922. The van der Waals surface area contributed by atoms with Crippen LogP contribution in [0.3, 0.4) is 0 Å². The highest BCUT2D eigenvalue weighted by Gasteiger charge is 2.57. The summed E-state index contributed by atoms with van der Waals surface area (Å²) in [6.45, 7) is 1.40. The summed E-state index contributed by atoms with van der Waals surface area (Å²) in [5.74, 6) is -1.74. The number of nitro groups is 1. The molecular weight excluding hydrogens is 490 g/mol. The summed E-state index contributed by atoms with van der Waals surface area (Å²) in [5.41, 5.74) is 10.6. The second-order valence-electron chi connectivity index (χ2n) is 8.44. The molecule has 5 rings (SSSR count). The highest BCUT2D eigenvalue weighted by Crippen LogP contribution is 2.49. The monoisotopic (exact) mass is 509 g/mol. The lowest BCUT2D eigenvalue weighted by Gasteiger charge is -2.44. The van der Waals surface area contributed by atoms with Gasteiger partial charge in [-0.15, -0.1) is 11.3 Å². The van der Waals surface area contributed by atoms with Crippen molar-refractivity contribution in [2.45, 2.75) is 38.6 Å². The number of amides is 1. The number of esters is 1. The van der Waals surface area contributed by atoms with Gasteiger partial charge in [0.15, 0.2) is 0 Å². The number of carbonyl (C=O) groups is 2. The highest BCUT2D eigenvalue weighted by atomic mass is 32.1. The Balaban J connectivity index is 1.51. The normalized spacial score (nSPS) is 19.6. The molecule has 2 aliphatic heterocycles. The van der Waals surface area contributed by atoms with Crippen molar-refractivity contribution < 1.29 is 24.4 Å². The van der Waals surface area contributed by atoms with Gasteiger partial charge in [-0.05, 0) is 36.6 Å². The predicted molar refractivity (Wildman–Crippen MR) is 126 cm³/mol. The molecule has 0 radical (unpaired) electrons. The van der Waals surface area contributed by atoms with E-state index in [-0.39, 0.29) is 30.4 Å². The molecule has 1 aromatic carbocycles. The van der Waals surface area contributed by atoms with Crippen LogP contribution in [0.25, 0.3) is 20.8 Å². The molecule has 4 heterocycles. The standard InChI is InChI=1S/C22H19N7O6S/c1-11(30)18-15-6-14(20-16(7-25-26-23)27-10-24-8-17(27)36-20)19(28(15)21(18)31)22(32)35-9-12-2-4-13(5-3-12)29(33)34/h2-5,8,10-11,15,18,30H,6-7,9H2,1H3/t11-,15-,18-/m1/s1. The fraction of sp³-hybridized carbons (Fsp3) is 0.318. The van der Waals surface area contributed by atoms with E-state index in [4.69, 9.17) is 10.3 Å². The van der Waals surface area contributed by atoms with E-state index in [2.05, 4.69) is 15.0 Å². The Morgan fingerprint density at radius 3 is 2.86 bits per heavy atom. The maximum Gasteiger partial charge on any atom is 0.355 e. The van der Waals surface area contributed by atoms with E-state index in [0.29, 0.717) is 28.1 Å². The molecule has 1 N–H and O–H groups in total. The zero-order valence-corrected chi connectivity index (χ0v) is 19.7. The number of β-lactam (4-membered cyclic amide) rings is 1. The highest BCUT2D eigenvalue weighted by molar-refractivity contribution is 7.18. The van der Waals surface area contributed by atoms with Crippen molar-refractivity contribution in [1.29, 1.82) is 0 Å². The number of aliphatic hydroxyl groups is 1. The number of nitrogens with zero attached hydrogens (tertiary/aromatic N) is 7. The number of rotatable bonds is 8. The first-order valence-corrected chi connectivity index (χ1v) is 11.7. The predicted octanol–water partition coefficient (Wildman–Crippen LogP) is 3.18. The SMILES string of the molecule is C[C@@H](O)[C@H]1C(=O)N2C(C(=O)OCc3ccc([N+](=O)[O-])cc3)=C(c3sc4cncn4c3CN=[N+]=[N-])C[C@H]12. The Bertz CT molecular complexity index is 1470. The number of benzene rings is 1. The summed E-state index contributed by atoms with van der Waals surface area (Å²) in [5, 5.41) is 24.7. The van der Waals surface area contributed by atoms with Crippen LogP contribution in [0.4, 0.5) is 5.69 Å². The van der Waals surface area contributed by atoms with E-state index in [0.717, 1.165) is 4.83 Å². The number of hydrogen-bond donors (Lipinski definition) is 1. The molecule has 14 heteroatoms. The number of thiazole rings is 1. The minimum absolute atomic E-state index is 0.00919. The van der Waals surface area contributed by atoms with Gasteiger partial charge in [-0.2, -0.15) is 0 Å². The van der Waals surface area contributed by atoms with Crippen molar-refractivity contribution in [3.8, 4) is 0 Å². The molecular formula is C22H19N7O6S. The molecule has 2 aromatic heterocycles. The number of ether oxygens (including phenoxy) is 1. The maximum absolute atomic E-state index is 13.3. The van der Waals surface area contributed by atoms with Gasteiger partial charge in [-0.1, -0.05) is 5.11 Å². The van der Waals surface area contributed by atoms with E-state index < -0.39 is 29.0 Å². The van der Waals surface area contributed by atoms with Crippen LogP contribution in [0.2, 0.25) is 0 Å². The van der Waals surface area contributed by atoms with Crippen LogP contribution in [-0.4, -0.2) is 48.3 Å². The molecule has 1 saturated heterocycles. The number of imidazole rings is 1. The van der Waals surface area contributed by atoms with Gasteiger partial charge in [0, 0.05) is 28.3 Å². The number of nitro benzene ring substituents is 1. The first kappa shape index (κ1) is 23.5. The van der Waals surface area contributed by atoms with Crippen LogP contribution in [-0.2, 0) is 27.5 Å². The lowest BCUT2D eigenvalue weighted by atomic mass is 9.83. The first-order chi connectivity index (χ1) is 17.3. The van der Waals surface area contributed by atoms with E-state index >= 15 is 0 Å². The van der Waals surface area contributed by atoms with E-state index in [1.165, 1.54) is 40.5 Å². The van der Waals surface area contributed by atoms with Crippen molar-refractivity contribution in [2.24, 2.45) is 11.0 Å². The van der Waals surface area contributed by atoms with E-state index in [1.807, 2.05) is 0 Å². The summed E-state index contributed by atoms with van der Waals surface area (Å²) >= 11 is 1.35. The Labute approximate surface area is 207 Å². The fourth-order valence-electron chi connectivity index (χ4n) is 4.71. The maximum atomic E-state index is 13.3. The molecule has 13 nitrogen and oxygen atoms in total. The van der Waals surface area contributed by atoms with Gasteiger partial charge in [0.05, 0.1) is 40.6 Å². The summed E-state index contributed by atoms with van der Waals surface area (Å²) in [6, 6.07) is 5.21. The number of non-ortho nitro benzene ring substituents is 1. The van der Waals surface area contributed by atoms with Crippen molar-refractivity contribution in [3.63, 3.8) is 0 Å². The van der Waals surface area contributed by atoms with Gasteiger partial charge in [0.2, 0.25) is 5.91 Å². The molecule has 36 heavy (non-hydrogen) atoms. The fourth-order valence-corrected chi connectivity index (χ4v) is 5.87. The summed E-state index contributed by atoms with van der Waals surface area (Å²) in [4.78, 5) is 46.4. The van der Waals surface area contributed by atoms with Crippen LogP contribution in [0.1, 0.15) is 29.5 Å². The van der Waals surface area contributed by atoms with Crippen LogP contribution in [0.15, 0.2) is 47.6 Å².